The van der Waals surface area contributed by atoms with E-state index in [0.29, 0.717) is 17.4 Å². The van der Waals surface area contributed by atoms with Gasteiger partial charge in [0.2, 0.25) is 0 Å². The fourth-order valence-corrected chi connectivity index (χ4v) is 2.44. The summed E-state index contributed by atoms with van der Waals surface area (Å²) < 4.78 is 46.8. The van der Waals surface area contributed by atoms with E-state index in [1.165, 1.54) is 5.38 Å². The molecule has 1 aromatic carbocycles. The standard InChI is InChI=1S/C15H14F3NO3S/c1-3-21-11-6-4-10(5-7-11)13-19-12(8-23-13)14(20)22-9(2)15(16,17)18/h4-9H,3H2,1-2H3. The van der Waals surface area contributed by atoms with Crippen LogP contribution in [-0.4, -0.2) is 29.8 Å². The molecule has 0 saturated heterocycles. The minimum atomic E-state index is -4.59. The maximum atomic E-state index is 12.4. The molecule has 0 aliphatic heterocycles. The monoisotopic (exact) mass is 345 g/mol. The van der Waals surface area contributed by atoms with E-state index in [-0.39, 0.29) is 5.69 Å². The largest absolute Gasteiger partial charge is 0.494 e. The second-order valence-corrected chi connectivity index (χ2v) is 5.44. The Balaban J connectivity index is 2.09. The molecule has 0 aliphatic carbocycles. The first kappa shape index (κ1) is 17.3. The summed E-state index contributed by atoms with van der Waals surface area (Å²) >= 11 is 1.15. The van der Waals surface area contributed by atoms with Gasteiger partial charge in [0.05, 0.1) is 6.61 Å². The molecule has 1 unspecified atom stereocenters. The number of rotatable bonds is 5. The molecule has 0 radical (unpaired) electrons. The third-order valence-corrected chi connectivity index (χ3v) is 3.76. The van der Waals surface area contributed by atoms with Crippen molar-refractivity contribution in [2.45, 2.75) is 26.1 Å². The van der Waals surface area contributed by atoms with Crippen molar-refractivity contribution in [3.05, 3.63) is 35.3 Å². The number of halogens is 3. The lowest BCUT2D eigenvalue weighted by Gasteiger charge is -2.15. The van der Waals surface area contributed by atoms with E-state index < -0.39 is 18.2 Å². The molecule has 1 heterocycles. The first-order chi connectivity index (χ1) is 10.8. The molecule has 124 valence electrons. The second kappa shape index (κ2) is 6.99. The van der Waals surface area contributed by atoms with Gasteiger partial charge >= 0.3 is 12.1 Å². The van der Waals surface area contributed by atoms with Crippen LogP contribution in [-0.2, 0) is 4.74 Å². The van der Waals surface area contributed by atoms with Crippen molar-refractivity contribution in [3.8, 4) is 16.3 Å². The van der Waals surface area contributed by atoms with Crippen LogP contribution in [0, 0.1) is 0 Å². The van der Waals surface area contributed by atoms with E-state index in [2.05, 4.69) is 9.72 Å². The van der Waals surface area contributed by atoms with Gasteiger partial charge in [0, 0.05) is 10.9 Å². The van der Waals surface area contributed by atoms with Gasteiger partial charge < -0.3 is 9.47 Å². The molecular formula is C15H14F3NO3S. The maximum Gasteiger partial charge on any atom is 0.425 e. The Morgan fingerprint density at radius 2 is 1.96 bits per heavy atom. The SMILES string of the molecule is CCOc1ccc(-c2nc(C(=O)OC(C)C(F)(F)F)cs2)cc1. The number of aromatic nitrogens is 1. The van der Waals surface area contributed by atoms with Crippen molar-refractivity contribution in [2.75, 3.05) is 6.61 Å². The Kier molecular flexibility index (Phi) is 5.25. The van der Waals surface area contributed by atoms with E-state index >= 15 is 0 Å². The van der Waals surface area contributed by atoms with E-state index in [1.807, 2.05) is 6.92 Å². The molecule has 0 bridgehead atoms. The lowest BCUT2D eigenvalue weighted by Crippen LogP contribution is -2.31. The molecule has 1 aromatic heterocycles. The third-order valence-electron chi connectivity index (χ3n) is 2.87. The van der Waals surface area contributed by atoms with Gasteiger partial charge in [-0.1, -0.05) is 0 Å². The Morgan fingerprint density at radius 1 is 1.30 bits per heavy atom. The number of alkyl halides is 3. The molecule has 2 rings (SSSR count). The fourth-order valence-electron chi connectivity index (χ4n) is 1.65. The summed E-state index contributed by atoms with van der Waals surface area (Å²) in [7, 11) is 0. The zero-order valence-electron chi connectivity index (χ0n) is 12.4. The molecule has 0 spiro atoms. The van der Waals surface area contributed by atoms with Crippen LogP contribution >= 0.6 is 11.3 Å². The minimum Gasteiger partial charge on any atom is -0.494 e. The summed E-state index contributed by atoms with van der Waals surface area (Å²) in [4.78, 5) is 15.7. The minimum absolute atomic E-state index is 0.144. The van der Waals surface area contributed by atoms with Crippen LogP contribution in [0.2, 0.25) is 0 Å². The summed E-state index contributed by atoms with van der Waals surface area (Å²) in [6, 6.07) is 7.03. The van der Waals surface area contributed by atoms with Crippen molar-refractivity contribution < 1.29 is 27.4 Å². The summed E-state index contributed by atoms with van der Waals surface area (Å²) in [6.07, 6.45) is -6.77. The van der Waals surface area contributed by atoms with E-state index in [0.717, 1.165) is 23.8 Å². The smallest absolute Gasteiger partial charge is 0.425 e. The predicted octanol–water partition coefficient (Wildman–Crippen LogP) is 4.32. The Hall–Kier alpha value is -2.09. The Bertz CT molecular complexity index is 667. The second-order valence-electron chi connectivity index (χ2n) is 4.58. The molecule has 0 saturated carbocycles. The molecule has 0 amide bonds. The van der Waals surface area contributed by atoms with E-state index in [9.17, 15) is 18.0 Å². The van der Waals surface area contributed by atoms with Gasteiger partial charge in [-0.25, -0.2) is 9.78 Å². The van der Waals surface area contributed by atoms with Gasteiger partial charge in [0.15, 0.2) is 11.8 Å². The molecule has 0 aliphatic rings. The van der Waals surface area contributed by atoms with Crippen LogP contribution in [0.15, 0.2) is 29.6 Å². The van der Waals surface area contributed by atoms with Crippen LogP contribution in [0.25, 0.3) is 10.6 Å². The van der Waals surface area contributed by atoms with E-state index in [4.69, 9.17) is 4.74 Å². The van der Waals surface area contributed by atoms with Crippen LogP contribution in [0.5, 0.6) is 5.75 Å². The topological polar surface area (TPSA) is 48.4 Å². The molecule has 1 atom stereocenters. The zero-order chi connectivity index (χ0) is 17.0. The zero-order valence-corrected chi connectivity index (χ0v) is 13.2. The van der Waals surface area contributed by atoms with Crippen LogP contribution < -0.4 is 4.74 Å². The Labute approximate surface area is 134 Å². The number of carbonyl (C=O) groups is 1. The average molecular weight is 345 g/mol. The van der Waals surface area contributed by atoms with Gasteiger partial charge in [-0.05, 0) is 38.1 Å². The summed E-state index contributed by atoms with van der Waals surface area (Å²) in [5.41, 5.74) is 0.594. The normalized spacial score (nSPS) is 12.7. The molecule has 0 N–H and O–H groups in total. The van der Waals surface area contributed by atoms with Gasteiger partial charge in [0.25, 0.3) is 0 Å². The highest BCUT2D eigenvalue weighted by molar-refractivity contribution is 7.13. The predicted molar refractivity (Wildman–Crippen MR) is 79.7 cm³/mol. The first-order valence-corrected chi connectivity index (χ1v) is 7.65. The highest BCUT2D eigenvalue weighted by Crippen LogP contribution is 2.27. The van der Waals surface area contributed by atoms with Crippen LogP contribution in [0.4, 0.5) is 13.2 Å². The van der Waals surface area contributed by atoms with Gasteiger partial charge in [-0.2, -0.15) is 13.2 Å². The molecule has 2 aromatic rings. The van der Waals surface area contributed by atoms with Crippen molar-refractivity contribution in [3.63, 3.8) is 0 Å². The number of nitrogens with zero attached hydrogens (tertiary/aromatic N) is 1. The number of ether oxygens (including phenoxy) is 2. The number of hydrogen-bond acceptors (Lipinski definition) is 5. The number of carbonyl (C=O) groups excluding carboxylic acids is 1. The number of hydrogen-bond donors (Lipinski definition) is 0. The average Bonchev–Trinajstić information content (AvgIpc) is 2.97. The summed E-state index contributed by atoms with van der Waals surface area (Å²) in [5.74, 6) is -0.394. The highest BCUT2D eigenvalue weighted by atomic mass is 32.1. The Morgan fingerprint density at radius 3 is 2.52 bits per heavy atom. The van der Waals surface area contributed by atoms with Crippen molar-refractivity contribution >= 4 is 17.3 Å². The third kappa shape index (κ3) is 4.44. The van der Waals surface area contributed by atoms with Crippen molar-refractivity contribution in [1.29, 1.82) is 0 Å². The summed E-state index contributed by atoms with van der Waals surface area (Å²) in [6.45, 7) is 3.19. The fraction of sp³-hybridized carbons (Fsp3) is 0.333. The van der Waals surface area contributed by atoms with Gasteiger partial charge in [-0.15, -0.1) is 11.3 Å². The lowest BCUT2D eigenvalue weighted by molar-refractivity contribution is -0.198. The van der Waals surface area contributed by atoms with Crippen molar-refractivity contribution in [1.82, 2.24) is 4.98 Å². The number of benzene rings is 1. The van der Waals surface area contributed by atoms with Gasteiger partial charge in [-0.3, -0.25) is 0 Å². The quantitative estimate of drug-likeness (QED) is 0.758. The molecule has 8 heteroatoms. The molecular weight excluding hydrogens is 331 g/mol. The van der Waals surface area contributed by atoms with Crippen LogP contribution in [0.1, 0.15) is 24.3 Å². The summed E-state index contributed by atoms with van der Waals surface area (Å²) in [5, 5.41) is 1.89. The molecule has 0 fully saturated rings. The van der Waals surface area contributed by atoms with Crippen molar-refractivity contribution in [2.24, 2.45) is 0 Å². The number of thiazole rings is 1. The number of esters is 1. The molecule has 23 heavy (non-hydrogen) atoms. The maximum absolute atomic E-state index is 12.4. The molecule has 4 nitrogen and oxygen atoms in total. The van der Waals surface area contributed by atoms with Gasteiger partial charge in [0.1, 0.15) is 10.8 Å². The first-order valence-electron chi connectivity index (χ1n) is 6.77. The highest BCUT2D eigenvalue weighted by Gasteiger charge is 2.39. The van der Waals surface area contributed by atoms with Crippen LogP contribution in [0.3, 0.4) is 0 Å². The van der Waals surface area contributed by atoms with E-state index in [1.54, 1.807) is 24.3 Å². The lowest BCUT2D eigenvalue weighted by atomic mass is 10.2.